The van der Waals surface area contributed by atoms with Gasteiger partial charge in [-0.25, -0.2) is 9.50 Å². The number of nitrogens with zero attached hydrogens (tertiary/aromatic N) is 5. The molecule has 0 amide bonds. The van der Waals surface area contributed by atoms with Crippen molar-refractivity contribution in [2.24, 2.45) is 0 Å². The third kappa shape index (κ3) is 1.91. The summed E-state index contributed by atoms with van der Waals surface area (Å²) in [6.07, 6.45) is 3.57. The standard InChI is InChI=1S/C10H11N5O2.ClH/c1-13-3-2-9-8(6-13)10-11-4-7(15(16)17)5-14(10)12-9;/h4-5H,2-3,6H2,1H3;1H. The van der Waals surface area contributed by atoms with Crippen LogP contribution in [0.2, 0.25) is 0 Å². The van der Waals surface area contributed by atoms with Crippen molar-refractivity contribution in [1.82, 2.24) is 19.5 Å². The second-order valence-corrected chi connectivity index (χ2v) is 4.25. The summed E-state index contributed by atoms with van der Waals surface area (Å²) in [5, 5.41) is 15.0. The Morgan fingerprint density at radius 1 is 1.50 bits per heavy atom. The molecule has 2 aromatic heterocycles. The molecular weight excluding hydrogens is 258 g/mol. The Hall–Kier alpha value is -1.73. The summed E-state index contributed by atoms with van der Waals surface area (Å²) >= 11 is 0. The van der Waals surface area contributed by atoms with Gasteiger partial charge in [0.2, 0.25) is 0 Å². The number of rotatable bonds is 1. The number of halogens is 1. The third-order valence-electron chi connectivity index (χ3n) is 3.01. The largest absolute Gasteiger partial charge is 0.305 e. The Balaban J connectivity index is 0.00000120. The molecule has 0 bridgehead atoms. The second-order valence-electron chi connectivity index (χ2n) is 4.25. The maximum Gasteiger partial charge on any atom is 0.305 e. The van der Waals surface area contributed by atoms with Crippen molar-refractivity contribution in [3.63, 3.8) is 0 Å². The summed E-state index contributed by atoms with van der Waals surface area (Å²) in [5.41, 5.74) is 2.76. The van der Waals surface area contributed by atoms with Crippen LogP contribution in [0.5, 0.6) is 0 Å². The molecule has 18 heavy (non-hydrogen) atoms. The Morgan fingerprint density at radius 2 is 2.28 bits per heavy atom. The highest BCUT2D eigenvalue weighted by Crippen LogP contribution is 2.22. The van der Waals surface area contributed by atoms with Crippen molar-refractivity contribution in [3.05, 3.63) is 33.8 Å². The predicted octanol–water partition coefficient (Wildman–Crippen LogP) is 1.05. The number of likely N-dealkylation sites (N-methyl/N-ethyl adjacent to an activating group) is 1. The van der Waals surface area contributed by atoms with Crippen LogP contribution in [0.1, 0.15) is 11.3 Å². The van der Waals surface area contributed by atoms with Crippen LogP contribution in [0.15, 0.2) is 12.4 Å². The first kappa shape index (κ1) is 12.7. The average molecular weight is 270 g/mol. The van der Waals surface area contributed by atoms with E-state index in [2.05, 4.69) is 15.0 Å². The van der Waals surface area contributed by atoms with Crippen molar-refractivity contribution >= 4 is 23.7 Å². The van der Waals surface area contributed by atoms with E-state index in [9.17, 15) is 10.1 Å². The normalized spacial score (nSPS) is 15.2. The van der Waals surface area contributed by atoms with Crippen molar-refractivity contribution < 1.29 is 4.92 Å². The van der Waals surface area contributed by atoms with Crippen LogP contribution in [0.4, 0.5) is 5.69 Å². The number of aromatic nitrogens is 3. The number of nitro groups is 1. The molecule has 0 N–H and O–H groups in total. The molecule has 0 unspecified atom stereocenters. The fourth-order valence-electron chi connectivity index (χ4n) is 2.12. The number of fused-ring (bicyclic) bond motifs is 3. The Bertz CT molecular complexity index is 612. The number of hydrogen-bond acceptors (Lipinski definition) is 5. The van der Waals surface area contributed by atoms with Crippen LogP contribution < -0.4 is 0 Å². The topological polar surface area (TPSA) is 76.6 Å². The van der Waals surface area contributed by atoms with Gasteiger partial charge in [0.25, 0.3) is 0 Å². The molecule has 3 heterocycles. The van der Waals surface area contributed by atoms with E-state index in [4.69, 9.17) is 0 Å². The highest BCUT2D eigenvalue weighted by Gasteiger charge is 2.21. The summed E-state index contributed by atoms with van der Waals surface area (Å²) in [6.45, 7) is 1.75. The first-order valence-corrected chi connectivity index (χ1v) is 5.34. The van der Waals surface area contributed by atoms with E-state index in [1.807, 2.05) is 7.05 Å². The lowest BCUT2D eigenvalue weighted by Crippen LogP contribution is -2.26. The molecule has 0 saturated carbocycles. The first-order chi connectivity index (χ1) is 8.15. The SMILES string of the molecule is CN1CCc2nn3cc([N+](=O)[O-])cnc3c2C1.Cl. The molecule has 7 nitrogen and oxygen atoms in total. The second kappa shape index (κ2) is 4.51. The molecule has 0 aromatic carbocycles. The van der Waals surface area contributed by atoms with Gasteiger partial charge in [0.15, 0.2) is 5.65 Å². The van der Waals surface area contributed by atoms with Crippen LogP contribution >= 0.6 is 12.4 Å². The molecular formula is C10H12ClN5O2. The molecule has 0 aliphatic carbocycles. The minimum absolute atomic E-state index is 0. The van der Waals surface area contributed by atoms with Crippen LogP contribution in [0, 0.1) is 10.1 Å². The zero-order chi connectivity index (χ0) is 12.0. The van der Waals surface area contributed by atoms with E-state index in [0.29, 0.717) is 0 Å². The molecule has 0 saturated heterocycles. The molecule has 8 heteroatoms. The van der Waals surface area contributed by atoms with E-state index in [-0.39, 0.29) is 18.1 Å². The quantitative estimate of drug-likeness (QED) is 0.571. The average Bonchev–Trinajstić information content (AvgIpc) is 2.66. The number of hydrogen-bond donors (Lipinski definition) is 0. The van der Waals surface area contributed by atoms with Gasteiger partial charge in [0.1, 0.15) is 12.4 Å². The maximum absolute atomic E-state index is 10.7. The smallest absolute Gasteiger partial charge is 0.302 e. The minimum Gasteiger partial charge on any atom is -0.302 e. The van der Waals surface area contributed by atoms with Crippen LogP contribution in [0.25, 0.3) is 5.65 Å². The van der Waals surface area contributed by atoms with Gasteiger partial charge in [-0.2, -0.15) is 5.10 Å². The molecule has 0 radical (unpaired) electrons. The Labute approximate surface area is 109 Å². The fourth-order valence-corrected chi connectivity index (χ4v) is 2.12. The monoisotopic (exact) mass is 269 g/mol. The molecule has 2 aromatic rings. The van der Waals surface area contributed by atoms with Gasteiger partial charge in [0.05, 0.1) is 10.6 Å². The van der Waals surface area contributed by atoms with Gasteiger partial charge in [-0.05, 0) is 7.05 Å². The zero-order valence-electron chi connectivity index (χ0n) is 9.74. The summed E-state index contributed by atoms with van der Waals surface area (Å²) in [7, 11) is 2.04. The first-order valence-electron chi connectivity index (χ1n) is 5.34. The van der Waals surface area contributed by atoms with Gasteiger partial charge < -0.3 is 4.90 Å². The van der Waals surface area contributed by atoms with Crippen molar-refractivity contribution in [2.75, 3.05) is 13.6 Å². The summed E-state index contributed by atoms with van der Waals surface area (Å²) in [4.78, 5) is 16.5. The van der Waals surface area contributed by atoms with E-state index in [0.717, 1.165) is 36.4 Å². The molecule has 0 spiro atoms. The van der Waals surface area contributed by atoms with E-state index in [1.54, 1.807) is 0 Å². The lowest BCUT2D eigenvalue weighted by atomic mass is 10.1. The molecule has 3 rings (SSSR count). The molecule has 1 aliphatic rings. The molecule has 0 fully saturated rings. The minimum atomic E-state index is -0.459. The highest BCUT2D eigenvalue weighted by atomic mass is 35.5. The third-order valence-corrected chi connectivity index (χ3v) is 3.01. The summed E-state index contributed by atoms with van der Waals surface area (Å²) in [6, 6.07) is 0. The Morgan fingerprint density at radius 3 is 3.00 bits per heavy atom. The lowest BCUT2D eigenvalue weighted by molar-refractivity contribution is -0.385. The van der Waals surface area contributed by atoms with Crippen molar-refractivity contribution in [3.8, 4) is 0 Å². The van der Waals surface area contributed by atoms with E-state index >= 15 is 0 Å². The van der Waals surface area contributed by atoms with E-state index < -0.39 is 4.92 Å². The van der Waals surface area contributed by atoms with Crippen LogP contribution in [-0.2, 0) is 13.0 Å². The fraction of sp³-hybridized carbons (Fsp3) is 0.400. The van der Waals surface area contributed by atoms with Crippen molar-refractivity contribution in [1.29, 1.82) is 0 Å². The molecule has 0 atom stereocenters. The van der Waals surface area contributed by atoms with Gasteiger partial charge in [0, 0.05) is 25.1 Å². The Kier molecular flexibility index (Phi) is 3.18. The van der Waals surface area contributed by atoms with E-state index in [1.165, 1.54) is 16.9 Å². The molecule has 96 valence electrons. The maximum atomic E-state index is 10.7. The van der Waals surface area contributed by atoms with Crippen molar-refractivity contribution in [2.45, 2.75) is 13.0 Å². The lowest BCUT2D eigenvalue weighted by Gasteiger charge is -2.20. The van der Waals surface area contributed by atoms with Gasteiger partial charge in [-0.15, -0.1) is 12.4 Å². The zero-order valence-corrected chi connectivity index (χ0v) is 10.6. The summed E-state index contributed by atoms with van der Waals surface area (Å²) in [5.74, 6) is 0. The van der Waals surface area contributed by atoms with Crippen LogP contribution in [0.3, 0.4) is 0 Å². The van der Waals surface area contributed by atoms with Gasteiger partial charge >= 0.3 is 5.69 Å². The highest BCUT2D eigenvalue weighted by molar-refractivity contribution is 5.85. The molecule has 1 aliphatic heterocycles. The van der Waals surface area contributed by atoms with Gasteiger partial charge in [-0.1, -0.05) is 0 Å². The van der Waals surface area contributed by atoms with Gasteiger partial charge in [-0.3, -0.25) is 10.1 Å². The predicted molar refractivity (Wildman–Crippen MR) is 66.9 cm³/mol. The summed E-state index contributed by atoms with van der Waals surface area (Å²) < 4.78 is 1.52. The van der Waals surface area contributed by atoms with Crippen LogP contribution in [-0.4, -0.2) is 38.0 Å².